The van der Waals surface area contributed by atoms with Gasteiger partial charge in [0.1, 0.15) is 5.60 Å². The van der Waals surface area contributed by atoms with Crippen LogP contribution in [-0.2, 0) is 10.5 Å². The van der Waals surface area contributed by atoms with Crippen LogP contribution in [0.1, 0.15) is 26.5 Å². The van der Waals surface area contributed by atoms with E-state index >= 15 is 0 Å². The van der Waals surface area contributed by atoms with E-state index in [1.165, 1.54) is 0 Å². The molecular formula is C11H17BrN2O2S2. The van der Waals surface area contributed by atoms with Gasteiger partial charge in [0, 0.05) is 23.4 Å². The number of aromatic nitrogens is 1. The zero-order chi connectivity index (χ0) is 13.6. The predicted octanol–water partition coefficient (Wildman–Crippen LogP) is 3.66. The Kier molecular flexibility index (Phi) is 6.45. The lowest BCUT2D eigenvalue weighted by molar-refractivity contribution is 0.0531. The molecule has 0 radical (unpaired) electrons. The van der Waals surface area contributed by atoms with Crippen LogP contribution in [-0.4, -0.2) is 29.0 Å². The van der Waals surface area contributed by atoms with Crippen LogP contribution in [0, 0.1) is 0 Å². The molecule has 0 unspecified atom stereocenters. The Labute approximate surface area is 124 Å². The van der Waals surface area contributed by atoms with Crippen LogP contribution in [0.15, 0.2) is 9.30 Å². The maximum absolute atomic E-state index is 11.3. The number of nitrogens with zero attached hydrogens (tertiary/aromatic N) is 1. The second kappa shape index (κ2) is 7.35. The van der Waals surface area contributed by atoms with Crippen LogP contribution in [0.25, 0.3) is 0 Å². The Morgan fingerprint density at radius 3 is 2.89 bits per heavy atom. The fourth-order valence-electron chi connectivity index (χ4n) is 1.06. The first-order chi connectivity index (χ1) is 8.37. The second-order valence-corrected chi connectivity index (χ2v) is 7.81. The third-order valence-corrected chi connectivity index (χ3v) is 4.09. The number of thioether (sulfide) groups is 1. The Hall–Kier alpha value is -0.270. The summed E-state index contributed by atoms with van der Waals surface area (Å²) in [6.45, 7) is 6.15. The molecule has 1 aromatic rings. The van der Waals surface area contributed by atoms with Gasteiger partial charge >= 0.3 is 6.09 Å². The Morgan fingerprint density at radius 2 is 2.33 bits per heavy atom. The number of hydrogen-bond donors (Lipinski definition) is 1. The average Bonchev–Trinajstić information content (AvgIpc) is 2.61. The summed E-state index contributed by atoms with van der Waals surface area (Å²) >= 11 is 6.64. The monoisotopic (exact) mass is 352 g/mol. The number of nitrogens with one attached hydrogen (secondary N) is 1. The fraction of sp³-hybridized carbons (Fsp3) is 0.636. The van der Waals surface area contributed by atoms with Crippen molar-refractivity contribution in [2.24, 2.45) is 0 Å². The highest BCUT2D eigenvalue weighted by Crippen LogP contribution is 2.19. The first-order valence-corrected chi connectivity index (χ1v) is 8.34. The largest absolute Gasteiger partial charge is 0.444 e. The summed E-state index contributed by atoms with van der Waals surface area (Å²) in [5.74, 6) is 1.70. The summed E-state index contributed by atoms with van der Waals surface area (Å²) < 4.78 is 6.04. The molecule has 102 valence electrons. The average molecular weight is 353 g/mol. The molecule has 0 saturated heterocycles. The van der Waals surface area contributed by atoms with E-state index in [1.54, 1.807) is 23.1 Å². The van der Waals surface area contributed by atoms with Gasteiger partial charge in [-0.25, -0.2) is 9.78 Å². The molecule has 4 nitrogen and oxygen atoms in total. The number of rotatable bonds is 5. The number of ether oxygens (including phenoxy) is 1. The van der Waals surface area contributed by atoms with Crippen LogP contribution in [0.3, 0.4) is 0 Å². The van der Waals surface area contributed by atoms with Crippen molar-refractivity contribution < 1.29 is 9.53 Å². The van der Waals surface area contributed by atoms with Gasteiger partial charge in [-0.05, 0) is 36.7 Å². The predicted molar refractivity (Wildman–Crippen MR) is 80.2 cm³/mol. The van der Waals surface area contributed by atoms with Gasteiger partial charge in [-0.2, -0.15) is 11.8 Å². The van der Waals surface area contributed by atoms with Gasteiger partial charge in [0.2, 0.25) is 0 Å². The number of amides is 1. The van der Waals surface area contributed by atoms with E-state index < -0.39 is 5.60 Å². The number of alkyl carbamates (subject to hydrolysis) is 1. The van der Waals surface area contributed by atoms with Crippen LogP contribution in [0.4, 0.5) is 4.79 Å². The standard InChI is InChI=1S/C11H17BrN2O2S2/c1-11(2,3)16-10(15)13-4-5-17-6-8-7-18-9(12)14-8/h7H,4-6H2,1-3H3,(H,13,15). The van der Waals surface area contributed by atoms with Crippen molar-refractivity contribution in [2.75, 3.05) is 12.3 Å². The highest BCUT2D eigenvalue weighted by Gasteiger charge is 2.15. The van der Waals surface area contributed by atoms with Crippen LogP contribution < -0.4 is 5.32 Å². The van der Waals surface area contributed by atoms with Crippen molar-refractivity contribution in [1.29, 1.82) is 0 Å². The minimum Gasteiger partial charge on any atom is -0.444 e. The Bertz CT molecular complexity index is 391. The van der Waals surface area contributed by atoms with E-state index in [2.05, 4.69) is 26.2 Å². The number of hydrogen-bond acceptors (Lipinski definition) is 5. The van der Waals surface area contributed by atoms with E-state index in [9.17, 15) is 4.79 Å². The first kappa shape index (κ1) is 15.8. The van der Waals surface area contributed by atoms with Gasteiger partial charge in [0.15, 0.2) is 3.92 Å². The minimum absolute atomic E-state index is 0.362. The highest BCUT2D eigenvalue weighted by molar-refractivity contribution is 9.11. The van der Waals surface area contributed by atoms with Crippen LogP contribution >= 0.6 is 39.0 Å². The van der Waals surface area contributed by atoms with Crippen molar-refractivity contribution in [3.63, 3.8) is 0 Å². The lowest BCUT2D eigenvalue weighted by Crippen LogP contribution is -2.33. The molecular weight excluding hydrogens is 336 g/mol. The number of thiazole rings is 1. The van der Waals surface area contributed by atoms with E-state index in [4.69, 9.17) is 4.74 Å². The molecule has 1 amide bonds. The summed E-state index contributed by atoms with van der Waals surface area (Å²) in [5, 5.41) is 4.75. The Balaban J connectivity index is 2.07. The molecule has 1 N–H and O–H groups in total. The lowest BCUT2D eigenvalue weighted by Gasteiger charge is -2.19. The van der Waals surface area contributed by atoms with Crippen molar-refractivity contribution >= 4 is 45.1 Å². The van der Waals surface area contributed by atoms with Gasteiger partial charge in [-0.3, -0.25) is 0 Å². The molecule has 0 aliphatic heterocycles. The lowest BCUT2D eigenvalue weighted by atomic mass is 10.2. The molecule has 1 heterocycles. The molecule has 0 atom stereocenters. The third kappa shape index (κ3) is 7.23. The summed E-state index contributed by atoms with van der Waals surface area (Å²) in [5.41, 5.74) is 0.624. The maximum atomic E-state index is 11.3. The van der Waals surface area contributed by atoms with Crippen molar-refractivity contribution in [3.05, 3.63) is 15.0 Å². The number of halogens is 1. The van der Waals surface area contributed by atoms with Gasteiger partial charge in [-0.1, -0.05) is 0 Å². The topological polar surface area (TPSA) is 51.2 Å². The van der Waals surface area contributed by atoms with Gasteiger partial charge < -0.3 is 10.1 Å². The van der Waals surface area contributed by atoms with Crippen molar-refractivity contribution in [3.8, 4) is 0 Å². The summed E-state index contributed by atoms with van der Waals surface area (Å²) in [6.07, 6.45) is -0.362. The highest BCUT2D eigenvalue weighted by atomic mass is 79.9. The van der Waals surface area contributed by atoms with E-state index in [-0.39, 0.29) is 6.09 Å². The van der Waals surface area contributed by atoms with Gasteiger partial charge in [-0.15, -0.1) is 11.3 Å². The number of carbonyl (C=O) groups excluding carboxylic acids is 1. The van der Waals surface area contributed by atoms with Crippen LogP contribution in [0.2, 0.25) is 0 Å². The number of carbonyl (C=O) groups is 1. The maximum Gasteiger partial charge on any atom is 0.407 e. The van der Waals surface area contributed by atoms with Crippen molar-refractivity contribution in [2.45, 2.75) is 32.1 Å². The third-order valence-electron chi connectivity index (χ3n) is 1.69. The molecule has 7 heteroatoms. The molecule has 18 heavy (non-hydrogen) atoms. The second-order valence-electron chi connectivity index (χ2n) is 4.57. The molecule has 0 aliphatic carbocycles. The summed E-state index contributed by atoms with van der Waals surface area (Å²) in [7, 11) is 0. The summed E-state index contributed by atoms with van der Waals surface area (Å²) in [6, 6.07) is 0. The van der Waals surface area contributed by atoms with Crippen LogP contribution in [0.5, 0.6) is 0 Å². The molecule has 0 bridgehead atoms. The quantitative estimate of drug-likeness (QED) is 0.821. The van der Waals surface area contributed by atoms with E-state index in [0.29, 0.717) is 6.54 Å². The molecule has 0 saturated carbocycles. The SMILES string of the molecule is CC(C)(C)OC(=O)NCCSCc1csc(Br)n1. The smallest absolute Gasteiger partial charge is 0.407 e. The first-order valence-electron chi connectivity index (χ1n) is 5.51. The molecule has 0 spiro atoms. The van der Waals surface area contributed by atoms with E-state index in [0.717, 1.165) is 21.1 Å². The molecule has 0 aromatic carbocycles. The fourth-order valence-corrected chi connectivity index (χ4v) is 2.97. The summed E-state index contributed by atoms with van der Waals surface area (Å²) in [4.78, 5) is 15.6. The molecule has 0 fully saturated rings. The molecule has 1 rings (SSSR count). The van der Waals surface area contributed by atoms with Gasteiger partial charge in [0.05, 0.1) is 5.69 Å². The zero-order valence-corrected chi connectivity index (χ0v) is 13.9. The zero-order valence-electron chi connectivity index (χ0n) is 10.7. The van der Waals surface area contributed by atoms with E-state index in [1.807, 2.05) is 26.2 Å². The molecule has 0 aliphatic rings. The normalized spacial score (nSPS) is 11.3. The molecule has 1 aromatic heterocycles. The van der Waals surface area contributed by atoms with Gasteiger partial charge in [0.25, 0.3) is 0 Å². The minimum atomic E-state index is -0.440. The Morgan fingerprint density at radius 1 is 1.61 bits per heavy atom. The van der Waals surface area contributed by atoms with Crippen molar-refractivity contribution in [1.82, 2.24) is 10.3 Å².